The summed E-state index contributed by atoms with van der Waals surface area (Å²) in [4.78, 5) is 13.6. The quantitative estimate of drug-likeness (QED) is 0.759. The molecule has 0 bridgehead atoms. The van der Waals surface area contributed by atoms with Crippen molar-refractivity contribution in [1.29, 1.82) is 0 Å². The van der Waals surface area contributed by atoms with Gasteiger partial charge in [0.1, 0.15) is 11.6 Å². The van der Waals surface area contributed by atoms with Crippen molar-refractivity contribution in [2.75, 3.05) is 13.1 Å². The standard InChI is InChI=1S/C13H14FNO2/c1-9-4-6-15(7-5-9)13(17)11-3-2-10(16)8-12(11)14/h2-4,8,16H,5-7H2,1H3. The Balaban J connectivity index is 2.20. The summed E-state index contributed by atoms with van der Waals surface area (Å²) in [5, 5.41) is 9.09. The number of halogens is 1. The van der Waals surface area contributed by atoms with Gasteiger partial charge < -0.3 is 10.0 Å². The number of carbonyl (C=O) groups is 1. The maximum absolute atomic E-state index is 13.5. The van der Waals surface area contributed by atoms with Crippen molar-refractivity contribution in [2.45, 2.75) is 13.3 Å². The largest absolute Gasteiger partial charge is 0.508 e. The first kappa shape index (κ1) is 11.6. The summed E-state index contributed by atoms with van der Waals surface area (Å²) in [5.74, 6) is -1.18. The minimum absolute atomic E-state index is 0.00996. The molecule has 3 nitrogen and oxygen atoms in total. The number of rotatable bonds is 1. The number of carbonyl (C=O) groups excluding carboxylic acids is 1. The fraction of sp³-hybridized carbons (Fsp3) is 0.308. The summed E-state index contributed by atoms with van der Waals surface area (Å²) >= 11 is 0. The van der Waals surface area contributed by atoms with E-state index in [-0.39, 0.29) is 17.2 Å². The lowest BCUT2D eigenvalue weighted by Gasteiger charge is -2.25. The van der Waals surface area contributed by atoms with Crippen LogP contribution in [0.3, 0.4) is 0 Å². The van der Waals surface area contributed by atoms with Crippen molar-refractivity contribution in [3.8, 4) is 5.75 Å². The SMILES string of the molecule is CC1=CCN(C(=O)c2ccc(O)cc2F)CC1. The smallest absolute Gasteiger partial charge is 0.257 e. The Bertz CT molecular complexity index is 482. The molecule has 0 unspecified atom stereocenters. The number of amides is 1. The Morgan fingerprint density at radius 2 is 2.24 bits per heavy atom. The Hall–Kier alpha value is -1.84. The molecule has 1 aliphatic heterocycles. The number of nitrogens with zero attached hydrogens (tertiary/aromatic N) is 1. The average Bonchev–Trinajstić information content (AvgIpc) is 2.29. The van der Waals surface area contributed by atoms with Crippen molar-refractivity contribution in [2.24, 2.45) is 0 Å². The number of phenolic OH excluding ortho intramolecular Hbond substituents is 1. The molecule has 1 N–H and O–H groups in total. The van der Waals surface area contributed by atoms with Gasteiger partial charge in [0.2, 0.25) is 0 Å². The number of hydrogen-bond acceptors (Lipinski definition) is 2. The zero-order valence-electron chi connectivity index (χ0n) is 9.61. The molecule has 2 rings (SSSR count). The summed E-state index contributed by atoms with van der Waals surface area (Å²) in [6.45, 7) is 3.15. The van der Waals surface area contributed by atoms with Crippen molar-refractivity contribution in [3.63, 3.8) is 0 Å². The summed E-state index contributed by atoms with van der Waals surface area (Å²) in [5.41, 5.74) is 1.26. The van der Waals surface area contributed by atoms with Crippen LogP contribution in [0.1, 0.15) is 23.7 Å². The van der Waals surface area contributed by atoms with Gasteiger partial charge in [0.25, 0.3) is 5.91 Å². The van der Waals surface area contributed by atoms with E-state index in [1.54, 1.807) is 4.90 Å². The highest BCUT2D eigenvalue weighted by Crippen LogP contribution is 2.18. The van der Waals surface area contributed by atoms with Crippen LogP contribution < -0.4 is 0 Å². The molecule has 0 aromatic heterocycles. The first-order valence-electron chi connectivity index (χ1n) is 5.51. The molecule has 90 valence electrons. The van der Waals surface area contributed by atoms with E-state index in [9.17, 15) is 9.18 Å². The second-order valence-electron chi connectivity index (χ2n) is 4.22. The third kappa shape index (κ3) is 2.46. The highest BCUT2D eigenvalue weighted by atomic mass is 19.1. The molecule has 4 heteroatoms. The summed E-state index contributed by atoms with van der Waals surface area (Å²) in [7, 11) is 0. The fourth-order valence-electron chi connectivity index (χ4n) is 1.80. The van der Waals surface area contributed by atoms with Gasteiger partial charge >= 0.3 is 0 Å². The molecule has 0 radical (unpaired) electrons. The number of phenols is 1. The molecule has 0 saturated heterocycles. The van der Waals surface area contributed by atoms with Gasteiger partial charge in [-0.05, 0) is 25.5 Å². The van der Waals surface area contributed by atoms with Gasteiger partial charge in [0.05, 0.1) is 5.56 Å². The van der Waals surface area contributed by atoms with Crippen LogP contribution in [0.5, 0.6) is 5.75 Å². The molecule has 0 aliphatic carbocycles. The first-order valence-corrected chi connectivity index (χ1v) is 5.51. The lowest BCUT2D eigenvalue weighted by molar-refractivity contribution is 0.0764. The van der Waals surface area contributed by atoms with E-state index in [4.69, 9.17) is 5.11 Å². The summed E-state index contributed by atoms with van der Waals surface area (Å²) in [6, 6.07) is 3.60. The van der Waals surface area contributed by atoms with Gasteiger partial charge in [-0.2, -0.15) is 0 Å². The van der Waals surface area contributed by atoms with E-state index in [0.717, 1.165) is 12.5 Å². The van der Waals surface area contributed by atoms with Crippen LogP contribution in [0.2, 0.25) is 0 Å². The Labute approximate surface area is 99.2 Å². The van der Waals surface area contributed by atoms with Crippen LogP contribution in [0.25, 0.3) is 0 Å². The van der Waals surface area contributed by atoms with Crippen LogP contribution >= 0.6 is 0 Å². The molecular formula is C13H14FNO2. The molecule has 1 amide bonds. The van der Waals surface area contributed by atoms with E-state index in [2.05, 4.69) is 0 Å². The van der Waals surface area contributed by atoms with Crippen LogP contribution in [-0.4, -0.2) is 29.0 Å². The third-order valence-corrected chi connectivity index (χ3v) is 2.91. The molecule has 0 atom stereocenters. The minimum Gasteiger partial charge on any atom is -0.508 e. The molecule has 1 aromatic rings. The highest BCUT2D eigenvalue weighted by molar-refractivity contribution is 5.94. The highest BCUT2D eigenvalue weighted by Gasteiger charge is 2.20. The Morgan fingerprint density at radius 3 is 2.82 bits per heavy atom. The van der Waals surface area contributed by atoms with E-state index in [1.165, 1.54) is 17.7 Å². The lowest BCUT2D eigenvalue weighted by atomic mass is 10.1. The van der Waals surface area contributed by atoms with Crippen molar-refractivity contribution >= 4 is 5.91 Å². The monoisotopic (exact) mass is 235 g/mol. The molecule has 1 heterocycles. The van der Waals surface area contributed by atoms with Crippen LogP contribution in [0.4, 0.5) is 4.39 Å². The second-order valence-corrected chi connectivity index (χ2v) is 4.22. The molecular weight excluding hydrogens is 221 g/mol. The van der Waals surface area contributed by atoms with Crippen molar-refractivity contribution in [1.82, 2.24) is 4.90 Å². The Morgan fingerprint density at radius 1 is 1.47 bits per heavy atom. The van der Waals surface area contributed by atoms with Gasteiger partial charge in [-0.25, -0.2) is 4.39 Å². The topological polar surface area (TPSA) is 40.5 Å². The first-order chi connectivity index (χ1) is 8.08. The van der Waals surface area contributed by atoms with E-state index in [0.29, 0.717) is 13.1 Å². The van der Waals surface area contributed by atoms with Gasteiger partial charge in [0, 0.05) is 19.2 Å². The zero-order valence-corrected chi connectivity index (χ0v) is 9.61. The summed E-state index contributed by atoms with van der Waals surface area (Å²) in [6.07, 6.45) is 2.80. The minimum atomic E-state index is -0.679. The van der Waals surface area contributed by atoms with E-state index >= 15 is 0 Å². The molecule has 1 aliphatic rings. The molecule has 0 fully saturated rings. The predicted molar refractivity (Wildman–Crippen MR) is 62.3 cm³/mol. The van der Waals surface area contributed by atoms with Gasteiger partial charge in [0.15, 0.2) is 0 Å². The van der Waals surface area contributed by atoms with Crippen molar-refractivity contribution in [3.05, 3.63) is 41.2 Å². The number of hydrogen-bond donors (Lipinski definition) is 1. The second kappa shape index (κ2) is 4.57. The van der Waals surface area contributed by atoms with Gasteiger partial charge in [-0.15, -0.1) is 0 Å². The van der Waals surface area contributed by atoms with Crippen molar-refractivity contribution < 1.29 is 14.3 Å². The van der Waals surface area contributed by atoms with Crippen LogP contribution in [-0.2, 0) is 0 Å². The molecule has 0 spiro atoms. The molecule has 1 aromatic carbocycles. The normalized spacial score (nSPS) is 15.6. The third-order valence-electron chi connectivity index (χ3n) is 2.91. The van der Waals surface area contributed by atoms with Gasteiger partial charge in [-0.1, -0.05) is 11.6 Å². The average molecular weight is 235 g/mol. The van der Waals surface area contributed by atoms with E-state index in [1.807, 2.05) is 13.0 Å². The van der Waals surface area contributed by atoms with Crippen LogP contribution in [0.15, 0.2) is 29.8 Å². The summed E-state index contributed by atoms with van der Waals surface area (Å²) < 4.78 is 13.5. The number of benzene rings is 1. The molecule has 0 saturated carbocycles. The maximum atomic E-state index is 13.5. The molecule has 17 heavy (non-hydrogen) atoms. The predicted octanol–water partition coefficient (Wildman–Crippen LogP) is 2.32. The van der Waals surface area contributed by atoms with E-state index < -0.39 is 5.82 Å². The fourth-order valence-corrected chi connectivity index (χ4v) is 1.80. The zero-order chi connectivity index (χ0) is 12.4. The lowest BCUT2D eigenvalue weighted by Crippen LogP contribution is -2.35. The maximum Gasteiger partial charge on any atom is 0.257 e. The van der Waals surface area contributed by atoms with Crippen LogP contribution in [0, 0.1) is 5.82 Å². The Kier molecular flexibility index (Phi) is 3.13. The van der Waals surface area contributed by atoms with Gasteiger partial charge in [-0.3, -0.25) is 4.79 Å². The number of aromatic hydroxyl groups is 1.